The number of fused-ring (bicyclic) bond motifs is 1. The molecule has 0 fully saturated rings. The first-order valence-electron chi connectivity index (χ1n) is 8.89. The van der Waals surface area contributed by atoms with Crippen LogP contribution in [0.25, 0.3) is 11.2 Å². The van der Waals surface area contributed by atoms with Crippen molar-refractivity contribution in [3.05, 3.63) is 48.2 Å². The summed E-state index contributed by atoms with van der Waals surface area (Å²) >= 11 is 5.17. The minimum absolute atomic E-state index is 0.491. The van der Waals surface area contributed by atoms with E-state index in [2.05, 4.69) is 37.0 Å². The van der Waals surface area contributed by atoms with E-state index in [1.165, 1.54) is 0 Å². The van der Waals surface area contributed by atoms with E-state index < -0.39 is 5.41 Å². The average molecular weight is 392 g/mol. The van der Waals surface area contributed by atoms with E-state index in [4.69, 9.17) is 12.2 Å². The SMILES string of the molecule is CCNC(=S)Nc1cnc2ccc(Nc3ccc(C(C)(C)C#N)cc3)nc2n1. The van der Waals surface area contributed by atoms with Gasteiger partial charge in [0.25, 0.3) is 0 Å². The summed E-state index contributed by atoms with van der Waals surface area (Å²) in [7, 11) is 0. The first-order valence-corrected chi connectivity index (χ1v) is 9.29. The molecule has 2 aromatic heterocycles. The molecule has 0 saturated carbocycles. The number of benzene rings is 1. The minimum atomic E-state index is -0.522. The molecule has 0 radical (unpaired) electrons. The summed E-state index contributed by atoms with van der Waals surface area (Å²) in [6, 6.07) is 13.8. The Morgan fingerprint density at radius 3 is 2.50 bits per heavy atom. The Labute approximate surface area is 169 Å². The number of nitrogens with zero attached hydrogens (tertiary/aromatic N) is 4. The van der Waals surface area contributed by atoms with Crippen LogP contribution < -0.4 is 16.0 Å². The molecule has 0 bridgehead atoms. The molecule has 0 unspecified atom stereocenters. The highest BCUT2D eigenvalue weighted by atomic mass is 32.1. The van der Waals surface area contributed by atoms with Crippen molar-refractivity contribution in [3.8, 4) is 6.07 Å². The van der Waals surface area contributed by atoms with Crippen molar-refractivity contribution in [1.82, 2.24) is 20.3 Å². The average Bonchev–Trinajstić information content (AvgIpc) is 2.68. The fourth-order valence-corrected chi connectivity index (χ4v) is 2.78. The smallest absolute Gasteiger partial charge is 0.182 e. The number of nitrogens with one attached hydrogen (secondary N) is 3. The van der Waals surface area contributed by atoms with Crippen LogP contribution in [-0.4, -0.2) is 26.6 Å². The summed E-state index contributed by atoms with van der Waals surface area (Å²) in [6.07, 6.45) is 1.62. The van der Waals surface area contributed by atoms with E-state index >= 15 is 0 Å². The zero-order valence-electron chi connectivity index (χ0n) is 15.9. The lowest BCUT2D eigenvalue weighted by Crippen LogP contribution is -2.28. The van der Waals surface area contributed by atoms with E-state index in [-0.39, 0.29) is 0 Å². The Bertz CT molecular complexity index is 1040. The Balaban J connectivity index is 1.80. The largest absolute Gasteiger partial charge is 0.363 e. The summed E-state index contributed by atoms with van der Waals surface area (Å²) in [4.78, 5) is 13.4. The van der Waals surface area contributed by atoms with Crippen molar-refractivity contribution >= 4 is 45.8 Å². The number of nitriles is 1. The summed E-state index contributed by atoms with van der Waals surface area (Å²) < 4.78 is 0. The molecule has 0 aliphatic carbocycles. The predicted octanol–water partition coefficient (Wildman–Crippen LogP) is 3.88. The lowest BCUT2D eigenvalue weighted by Gasteiger charge is -2.16. The van der Waals surface area contributed by atoms with Gasteiger partial charge in [-0.1, -0.05) is 12.1 Å². The third-order valence-electron chi connectivity index (χ3n) is 4.14. The zero-order chi connectivity index (χ0) is 20.1. The van der Waals surface area contributed by atoms with E-state index in [0.717, 1.165) is 17.8 Å². The third-order valence-corrected chi connectivity index (χ3v) is 4.39. The lowest BCUT2D eigenvalue weighted by molar-refractivity contribution is 0.687. The van der Waals surface area contributed by atoms with Crippen LogP contribution in [0, 0.1) is 11.3 Å². The Morgan fingerprint density at radius 1 is 1.11 bits per heavy atom. The highest BCUT2D eigenvalue weighted by molar-refractivity contribution is 7.80. The molecule has 3 rings (SSSR count). The summed E-state index contributed by atoms with van der Waals surface area (Å²) in [6.45, 7) is 6.48. The number of aromatic nitrogens is 3. The molecule has 142 valence electrons. The number of anilines is 3. The second-order valence-electron chi connectivity index (χ2n) is 6.72. The van der Waals surface area contributed by atoms with Gasteiger partial charge in [0, 0.05) is 12.2 Å². The summed E-state index contributed by atoms with van der Waals surface area (Å²) in [5.41, 5.74) is 2.52. The number of thiocarbonyl (C=S) groups is 1. The first kappa shape index (κ1) is 19.5. The molecule has 3 aromatic rings. The number of hydrogen-bond donors (Lipinski definition) is 3. The van der Waals surface area contributed by atoms with Crippen LogP contribution in [0.15, 0.2) is 42.6 Å². The van der Waals surface area contributed by atoms with Gasteiger partial charge in [-0.3, -0.25) is 0 Å². The third kappa shape index (κ3) is 4.50. The Hall–Kier alpha value is -3.31. The zero-order valence-corrected chi connectivity index (χ0v) is 16.8. The predicted molar refractivity (Wildman–Crippen MR) is 116 cm³/mol. The van der Waals surface area contributed by atoms with Crippen molar-refractivity contribution in [2.24, 2.45) is 0 Å². The molecular weight excluding hydrogens is 370 g/mol. The topological polar surface area (TPSA) is 98.6 Å². The van der Waals surface area contributed by atoms with Gasteiger partial charge in [0.2, 0.25) is 0 Å². The normalized spacial score (nSPS) is 10.9. The molecule has 8 heteroatoms. The molecule has 0 atom stereocenters. The molecule has 3 N–H and O–H groups in total. The first-order chi connectivity index (χ1) is 13.4. The van der Waals surface area contributed by atoms with Gasteiger partial charge in [0.1, 0.15) is 11.3 Å². The minimum Gasteiger partial charge on any atom is -0.363 e. The summed E-state index contributed by atoms with van der Waals surface area (Å²) in [5, 5.41) is 19.0. The molecule has 0 amide bonds. The van der Waals surface area contributed by atoms with Gasteiger partial charge in [-0.05, 0) is 62.8 Å². The molecule has 1 aromatic carbocycles. The molecule has 0 aliphatic rings. The molecule has 0 saturated heterocycles. The van der Waals surface area contributed by atoms with Crippen LogP contribution in [0.5, 0.6) is 0 Å². The van der Waals surface area contributed by atoms with Crippen molar-refractivity contribution in [2.75, 3.05) is 17.2 Å². The van der Waals surface area contributed by atoms with E-state index in [9.17, 15) is 5.26 Å². The molecule has 28 heavy (non-hydrogen) atoms. The number of rotatable bonds is 5. The maximum Gasteiger partial charge on any atom is 0.182 e. The molecule has 7 nitrogen and oxygen atoms in total. The highest BCUT2D eigenvalue weighted by Crippen LogP contribution is 2.25. The van der Waals surface area contributed by atoms with Crippen LogP contribution in [0.2, 0.25) is 0 Å². The van der Waals surface area contributed by atoms with Crippen molar-refractivity contribution in [3.63, 3.8) is 0 Å². The fraction of sp³-hybridized carbons (Fsp3) is 0.250. The molecule has 0 aliphatic heterocycles. The van der Waals surface area contributed by atoms with Gasteiger partial charge in [-0.25, -0.2) is 15.0 Å². The molecule has 0 spiro atoms. The number of hydrogen-bond acceptors (Lipinski definition) is 6. The lowest BCUT2D eigenvalue weighted by atomic mass is 9.86. The van der Waals surface area contributed by atoms with E-state index in [1.54, 1.807) is 6.20 Å². The van der Waals surface area contributed by atoms with Crippen molar-refractivity contribution in [2.45, 2.75) is 26.2 Å². The van der Waals surface area contributed by atoms with Crippen LogP contribution in [-0.2, 0) is 5.41 Å². The van der Waals surface area contributed by atoms with Gasteiger partial charge in [0.15, 0.2) is 16.6 Å². The van der Waals surface area contributed by atoms with Gasteiger partial charge in [0.05, 0.1) is 17.7 Å². The fourth-order valence-electron chi connectivity index (χ4n) is 2.53. The quantitative estimate of drug-likeness (QED) is 0.564. The monoisotopic (exact) mass is 391 g/mol. The van der Waals surface area contributed by atoms with Crippen molar-refractivity contribution in [1.29, 1.82) is 5.26 Å². The highest BCUT2D eigenvalue weighted by Gasteiger charge is 2.19. The number of pyridine rings is 1. The van der Waals surface area contributed by atoms with Gasteiger partial charge >= 0.3 is 0 Å². The Morgan fingerprint density at radius 2 is 1.82 bits per heavy atom. The van der Waals surface area contributed by atoms with Gasteiger partial charge < -0.3 is 16.0 Å². The van der Waals surface area contributed by atoms with Crippen LogP contribution in [0.4, 0.5) is 17.3 Å². The summed E-state index contributed by atoms with van der Waals surface area (Å²) in [5.74, 6) is 1.19. The van der Waals surface area contributed by atoms with Crippen LogP contribution in [0.1, 0.15) is 26.3 Å². The second kappa shape index (κ2) is 8.15. The van der Waals surface area contributed by atoms with Gasteiger partial charge in [-0.15, -0.1) is 0 Å². The Kier molecular flexibility index (Phi) is 5.66. The van der Waals surface area contributed by atoms with Crippen LogP contribution in [0.3, 0.4) is 0 Å². The van der Waals surface area contributed by atoms with Gasteiger partial charge in [-0.2, -0.15) is 5.26 Å². The van der Waals surface area contributed by atoms with Crippen molar-refractivity contribution < 1.29 is 0 Å². The second-order valence-corrected chi connectivity index (χ2v) is 7.13. The maximum atomic E-state index is 9.25. The van der Waals surface area contributed by atoms with E-state index in [0.29, 0.717) is 27.9 Å². The van der Waals surface area contributed by atoms with E-state index in [1.807, 2.05) is 57.2 Å². The van der Waals surface area contributed by atoms with Crippen LogP contribution >= 0.6 is 12.2 Å². The standard InChI is InChI=1S/C20H21N7S/c1-4-22-19(28)27-17-11-23-15-9-10-16(25-18(15)26-17)24-14-7-5-13(6-8-14)20(2,3)12-21/h5-11H,4H2,1-3H3,(H3,22,24,25,26,27,28). The maximum absolute atomic E-state index is 9.25. The molecular formula is C20H21N7S. The molecule has 2 heterocycles.